The maximum absolute atomic E-state index is 13.3. The van der Waals surface area contributed by atoms with Gasteiger partial charge in [0.2, 0.25) is 0 Å². The number of carbonyl (C=O) groups is 2. The number of hydrogen-bond acceptors (Lipinski definition) is 5. The number of ketones is 1. The quantitative estimate of drug-likeness (QED) is 0.198. The molecular formula is C35H47N3O4S. The molecule has 3 aromatic rings. The molecule has 232 valence electrons. The Morgan fingerprint density at radius 3 is 2.05 bits per heavy atom. The van der Waals surface area contributed by atoms with Gasteiger partial charge in [0.15, 0.2) is 15.6 Å². The summed E-state index contributed by atoms with van der Waals surface area (Å²) in [5.74, 6) is 0.722. The van der Waals surface area contributed by atoms with E-state index in [1.165, 1.54) is 0 Å². The molecule has 1 heterocycles. The van der Waals surface area contributed by atoms with Gasteiger partial charge in [-0.15, -0.1) is 0 Å². The average Bonchev–Trinajstić information content (AvgIpc) is 2.93. The summed E-state index contributed by atoms with van der Waals surface area (Å²) in [6.45, 7) is 12.7. The Labute approximate surface area is 257 Å². The van der Waals surface area contributed by atoms with Gasteiger partial charge in [0, 0.05) is 24.5 Å². The van der Waals surface area contributed by atoms with E-state index in [1.54, 1.807) is 48.8 Å². The normalized spacial score (nSPS) is 13.4. The Hall–Kier alpha value is -3.52. The number of amides is 2. The van der Waals surface area contributed by atoms with Crippen molar-refractivity contribution in [3.8, 4) is 0 Å². The van der Waals surface area contributed by atoms with Crippen molar-refractivity contribution in [2.24, 2.45) is 11.8 Å². The van der Waals surface area contributed by atoms with Gasteiger partial charge in [-0.25, -0.2) is 13.2 Å². The monoisotopic (exact) mass is 605 g/mol. The number of pyridine rings is 1. The van der Waals surface area contributed by atoms with Crippen molar-refractivity contribution in [3.63, 3.8) is 0 Å². The molecule has 1 aromatic heterocycles. The number of hydrogen-bond donors (Lipinski definition) is 2. The van der Waals surface area contributed by atoms with E-state index in [4.69, 9.17) is 0 Å². The second-order valence-corrected chi connectivity index (χ2v) is 15.0. The molecule has 2 amide bonds. The molecule has 43 heavy (non-hydrogen) atoms. The molecule has 0 saturated heterocycles. The Balaban J connectivity index is 1.62. The topological polar surface area (TPSA) is 105 Å². The Bertz CT molecular complexity index is 1430. The van der Waals surface area contributed by atoms with Gasteiger partial charge in [0.1, 0.15) is 0 Å². The molecule has 8 heteroatoms. The first-order valence-corrected chi connectivity index (χ1v) is 16.8. The highest BCUT2D eigenvalue weighted by Crippen LogP contribution is 2.25. The number of anilines is 1. The van der Waals surface area contributed by atoms with Crippen LogP contribution in [-0.4, -0.2) is 31.3 Å². The van der Waals surface area contributed by atoms with E-state index in [0.717, 1.165) is 30.4 Å². The minimum absolute atomic E-state index is 0.0000893. The lowest BCUT2D eigenvalue weighted by Gasteiger charge is -2.20. The third kappa shape index (κ3) is 11.2. The number of nitrogens with one attached hydrogen (secondary N) is 2. The summed E-state index contributed by atoms with van der Waals surface area (Å²) in [5.41, 5.74) is 3.05. The van der Waals surface area contributed by atoms with Crippen molar-refractivity contribution in [2.45, 2.75) is 95.8 Å². The van der Waals surface area contributed by atoms with Crippen LogP contribution >= 0.6 is 0 Å². The molecule has 1 unspecified atom stereocenters. The first kappa shape index (κ1) is 34.0. The van der Waals surface area contributed by atoms with E-state index in [1.807, 2.05) is 24.3 Å². The summed E-state index contributed by atoms with van der Waals surface area (Å²) < 4.78 is 26.0. The zero-order valence-corrected chi connectivity index (χ0v) is 27.2. The molecule has 0 aliphatic heterocycles. The highest BCUT2D eigenvalue weighted by atomic mass is 32.2. The fourth-order valence-corrected chi connectivity index (χ4v) is 6.29. The fourth-order valence-electron chi connectivity index (χ4n) is 4.94. The van der Waals surface area contributed by atoms with Crippen LogP contribution in [0, 0.1) is 11.8 Å². The van der Waals surface area contributed by atoms with Gasteiger partial charge in [0.25, 0.3) is 0 Å². The zero-order chi connectivity index (χ0) is 31.6. The summed E-state index contributed by atoms with van der Waals surface area (Å²) in [6, 6.07) is 16.3. The SMILES string of the molecule is CC(C)CCCC(C)CC(=O)[C@@H](Cc1ccncc1)NC(=O)Nc1ccc(CS(=O)(=O)c2ccc(C(C)(C)C)cc2)cc1. The summed E-state index contributed by atoms with van der Waals surface area (Å²) >= 11 is 0. The number of Topliss-reactive ketones (excluding diaryl/α,β-unsaturated/α-hetero) is 1. The molecular weight excluding hydrogens is 558 g/mol. The zero-order valence-electron chi connectivity index (χ0n) is 26.4. The molecule has 0 radical (unpaired) electrons. The van der Waals surface area contributed by atoms with Gasteiger partial charge in [-0.05, 0) is 76.8 Å². The van der Waals surface area contributed by atoms with Crippen LogP contribution in [-0.2, 0) is 32.2 Å². The predicted octanol–water partition coefficient (Wildman–Crippen LogP) is 7.51. The van der Waals surface area contributed by atoms with Crippen molar-refractivity contribution in [1.82, 2.24) is 10.3 Å². The smallest absolute Gasteiger partial charge is 0.319 e. The molecule has 2 N–H and O–H groups in total. The van der Waals surface area contributed by atoms with Crippen LogP contribution in [0.15, 0.2) is 78.0 Å². The highest BCUT2D eigenvalue weighted by molar-refractivity contribution is 7.90. The Morgan fingerprint density at radius 1 is 0.837 bits per heavy atom. The first-order chi connectivity index (χ1) is 20.2. The van der Waals surface area contributed by atoms with E-state index in [-0.39, 0.29) is 27.8 Å². The van der Waals surface area contributed by atoms with Crippen molar-refractivity contribution < 1.29 is 18.0 Å². The van der Waals surface area contributed by atoms with Gasteiger partial charge in [0.05, 0.1) is 16.7 Å². The van der Waals surface area contributed by atoms with Crippen molar-refractivity contribution in [1.29, 1.82) is 0 Å². The second kappa shape index (κ2) is 15.3. The van der Waals surface area contributed by atoms with Crippen molar-refractivity contribution in [3.05, 3.63) is 89.7 Å². The molecule has 3 rings (SSSR count). The van der Waals surface area contributed by atoms with E-state index < -0.39 is 21.9 Å². The molecule has 2 atom stereocenters. The summed E-state index contributed by atoms with van der Waals surface area (Å²) in [7, 11) is -3.53. The molecule has 0 aliphatic rings. The number of sulfone groups is 1. The van der Waals surface area contributed by atoms with Crippen molar-refractivity contribution >= 4 is 27.3 Å². The minimum atomic E-state index is -3.53. The molecule has 2 aromatic carbocycles. The van der Waals surface area contributed by atoms with Crippen LogP contribution in [0.4, 0.5) is 10.5 Å². The number of urea groups is 1. The van der Waals surface area contributed by atoms with Gasteiger partial charge < -0.3 is 10.6 Å². The van der Waals surface area contributed by atoms with Gasteiger partial charge in [-0.3, -0.25) is 9.78 Å². The molecule has 0 spiro atoms. The standard InChI is InChI=1S/C35H47N3O4S/c1-25(2)8-7-9-26(3)22-33(39)32(23-27-18-20-36-21-19-27)38-34(40)37-30-14-10-28(11-15-30)24-43(41,42)31-16-12-29(13-17-31)35(4,5)6/h10-21,25-26,32H,7-9,22-24H2,1-6H3,(H2,37,38,40)/t26?,32-/m1/s1. The second-order valence-electron chi connectivity index (χ2n) is 13.0. The Morgan fingerprint density at radius 2 is 1.47 bits per heavy atom. The summed E-state index contributed by atoms with van der Waals surface area (Å²) in [5, 5.41) is 5.66. The number of rotatable bonds is 14. The van der Waals surface area contributed by atoms with E-state index in [2.05, 4.69) is 57.2 Å². The third-order valence-electron chi connectivity index (χ3n) is 7.56. The van der Waals surface area contributed by atoms with Crippen LogP contribution in [0.5, 0.6) is 0 Å². The summed E-state index contributed by atoms with van der Waals surface area (Å²) in [4.78, 5) is 30.6. The molecule has 0 aliphatic carbocycles. The molecule has 0 fully saturated rings. The third-order valence-corrected chi connectivity index (χ3v) is 9.26. The number of aromatic nitrogens is 1. The Kier molecular flexibility index (Phi) is 12.1. The van der Waals surface area contributed by atoms with Crippen LogP contribution in [0.2, 0.25) is 0 Å². The molecule has 7 nitrogen and oxygen atoms in total. The van der Waals surface area contributed by atoms with Crippen LogP contribution in [0.3, 0.4) is 0 Å². The van der Waals surface area contributed by atoms with Gasteiger partial charge >= 0.3 is 6.03 Å². The minimum Gasteiger partial charge on any atom is -0.328 e. The van der Waals surface area contributed by atoms with E-state index in [0.29, 0.717) is 30.0 Å². The van der Waals surface area contributed by atoms with Crippen LogP contribution < -0.4 is 10.6 Å². The number of benzene rings is 2. The lowest BCUT2D eigenvalue weighted by atomic mass is 9.87. The van der Waals surface area contributed by atoms with Crippen LogP contribution in [0.25, 0.3) is 0 Å². The summed E-state index contributed by atoms with van der Waals surface area (Å²) in [6.07, 6.45) is 7.31. The predicted molar refractivity (Wildman–Crippen MR) is 174 cm³/mol. The van der Waals surface area contributed by atoms with Gasteiger partial charge in [-0.1, -0.05) is 85.1 Å². The van der Waals surface area contributed by atoms with Crippen molar-refractivity contribution in [2.75, 3.05) is 5.32 Å². The average molecular weight is 606 g/mol. The number of nitrogens with zero attached hydrogens (tertiary/aromatic N) is 1. The molecule has 0 bridgehead atoms. The first-order valence-electron chi connectivity index (χ1n) is 15.1. The fraction of sp³-hybridized carbons (Fsp3) is 0.457. The maximum Gasteiger partial charge on any atom is 0.319 e. The maximum atomic E-state index is 13.3. The molecule has 0 saturated carbocycles. The van der Waals surface area contributed by atoms with E-state index >= 15 is 0 Å². The van der Waals surface area contributed by atoms with Crippen LogP contribution in [0.1, 0.15) is 83.9 Å². The lowest BCUT2D eigenvalue weighted by molar-refractivity contribution is -0.121. The largest absolute Gasteiger partial charge is 0.328 e. The van der Waals surface area contributed by atoms with Gasteiger partial charge in [-0.2, -0.15) is 0 Å². The highest BCUT2D eigenvalue weighted by Gasteiger charge is 2.23. The number of carbonyl (C=O) groups excluding carboxylic acids is 2. The van der Waals surface area contributed by atoms with E-state index in [9.17, 15) is 18.0 Å². The lowest BCUT2D eigenvalue weighted by Crippen LogP contribution is -2.44.